The van der Waals surface area contributed by atoms with Crippen LogP contribution in [-0.2, 0) is 11.2 Å². The number of hydrogen-bond donors (Lipinski definition) is 0. The van der Waals surface area contributed by atoms with Gasteiger partial charge in [0.1, 0.15) is 5.76 Å². The van der Waals surface area contributed by atoms with Crippen LogP contribution in [-0.4, -0.2) is 30.3 Å². The van der Waals surface area contributed by atoms with E-state index in [0.717, 1.165) is 5.76 Å². The fourth-order valence-corrected chi connectivity index (χ4v) is 1.38. The summed E-state index contributed by atoms with van der Waals surface area (Å²) in [5.74, 6) is 1.42. The van der Waals surface area contributed by atoms with Crippen LogP contribution < -0.4 is 0 Å². The number of rotatable bonds is 5. The van der Waals surface area contributed by atoms with E-state index in [1.165, 1.54) is 0 Å². The first-order valence-corrected chi connectivity index (χ1v) is 5.10. The minimum Gasteiger partial charge on any atom is -0.469 e. The van der Waals surface area contributed by atoms with Gasteiger partial charge < -0.3 is 9.32 Å². The molecule has 0 bridgehead atoms. The number of hydrogen-bond acceptors (Lipinski definition) is 2. The average Bonchev–Trinajstić information content (AvgIpc) is 2.67. The molecule has 0 aliphatic heterocycles. The molecule has 0 N–H and O–H groups in total. The van der Waals surface area contributed by atoms with Gasteiger partial charge in [-0.3, -0.25) is 4.79 Å². The van der Waals surface area contributed by atoms with E-state index in [0.29, 0.717) is 25.3 Å². The number of carbonyl (C=O) groups is 1. The monoisotopic (exact) mass is 215 g/mol. The second kappa shape index (κ2) is 5.70. The second-order valence-corrected chi connectivity index (χ2v) is 3.46. The topological polar surface area (TPSA) is 33.5 Å². The lowest BCUT2D eigenvalue weighted by atomic mass is 10.2. The van der Waals surface area contributed by atoms with Crippen molar-refractivity contribution in [1.29, 1.82) is 0 Å². The van der Waals surface area contributed by atoms with Gasteiger partial charge in [-0.2, -0.15) is 0 Å². The standard InChI is InChI=1S/C10H14ClNO2/c1-12(7-6-11)10(13)5-4-9-3-2-8-14-9/h2-3,8H,4-7H2,1H3. The molecule has 0 unspecified atom stereocenters. The molecule has 1 rings (SSSR count). The first kappa shape index (κ1) is 11.1. The highest BCUT2D eigenvalue weighted by Crippen LogP contribution is 2.04. The third kappa shape index (κ3) is 3.42. The van der Waals surface area contributed by atoms with Crippen LogP contribution in [0.5, 0.6) is 0 Å². The lowest BCUT2D eigenvalue weighted by Crippen LogP contribution is -2.28. The largest absolute Gasteiger partial charge is 0.469 e. The number of halogens is 1. The van der Waals surface area contributed by atoms with E-state index < -0.39 is 0 Å². The Kier molecular flexibility index (Phi) is 4.53. The molecule has 0 spiro atoms. The minimum atomic E-state index is 0.0991. The Balaban J connectivity index is 2.27. The van der Waals surface area contributed by atoms with Crippen molar-refractivity contribution >= 4 is 17.5 Å². The molecule has 0 aliphatic rings. The number of amides is 1. The van der Waals surface area contributed by atoms with Gasteiger partial charge in [0.05, 0.1) is 6.26 Å². The fourth-order valence-electron chi connectivity index (χ4n) is 1.13. The van der Waals surface area contributed by atoms with E-state index in [4.69, 9.17) is 16.0 Å². The Bertz CT molecular complexity index is 272. The maximum absolute atomic E-state index is 11.5. The number of aryl methyl sites for hydroxylation is 1. The highest BCUT2D eigenvalue weighted by Gasteiger charge is 2.08. The molecule has 0 saturated carbocycles. The van der Waals surface area contributed by atoms with Crippen LogP contribution in [0.3, 0.4) is 0 Å². The van der Waals surface area contributed by atoms with Gasteiger partial charge in [0, 0.05) is 32.3 Å². The van der Waals surface area contributed by atoms with Crippen molar-refractivity contribution < 1.29 is 9.21 Å². The van der Waals surface area contributed by atoms with Crippen molar-refractivity contribution in [2.24, 2.45) is 0 Å². The molecule has 0 fully saturated rings. The zero-order chi connectivity index (χ0) is 10.4. The number of carbonyl (C=O) groups excluding carboxylic acids is 1. The summed E-state index contributed by atoms with van der Waals surface area (Å²) < 4.78 is 5.13. The van der Waals surface area contributed by atoms with Crippen molar-refractivity contribution in [3.05, 3.63) is 24.2 Å². The molecule has 0 atom stereocenters. The van der Waals surface area contributed by atoms with Gasteiger partial charge in [-0.1, -0.05) is 0 Å². The summed E-state index contributed by atoms with van der Waals surface area (Å²) in [6.45, 7) is 0.596. The van der Waals surface area contributed by atoms with Gasteiger partial charge in [0.2, 0.25) is 5.91 Å². The van der Waals surface area contributed by atoms with Crippen molar-refractivity contribution in [3.8, 4) is 0 Å². The highest BCUT2D eigenvalue weighted by atomic mass is 35.5. The predicted octanol–water partition coefficient (Wildman–Crippen LogP) is 1.91. The highest BCUT2D eigenvalue weighted by molar-refractivity contribution is 6.18. The molecule has 14 heavy (non-hydrogen) atoms. The Morgan fingerprint density at radius 3 is 3.00 bits per heavy atom. The van der Waals surface area contributed by atoms with Crippen molar-refractivity contribution in [2.45, 2.75) is 12.8 Å². The van der Waals surface area contributed by atoms with Crippen LogP contribution in [0.2, 0.25) is 0 Å². The summed E-state index contributed by atoms with van der Waals surface area (Å²) >= 11 is 5.53. The van der Waals surface area contributed by atoms with Crippen LogP contribution in [0.15, 0.2) is 22.8 Å². The fraction of sp³-hybridized carbons (Fsp3) is 0.500. The molecule has 3 nitrogen and oxygen atoms in total. The second-order valence-electron chi connectivity index (χ2n) is 3.08. The van der Waals surface area contributed by atoms with Crippen LogP contribution in [0.1, 0.15) is 12.2 Å². The van der Waals surface area contributed by atoms with Gasteiger partial charge in [-0.05, 0) is 12.1 Å². The van der Waals surface area contributed by atoms with Crippen molar-refractivity contribution in [2.75, 3.05) is 19.5 Å². The molecular formula is C10H14ClNO2. The number of alkyl halides is 1. The minimum absolute atomic E-state index is 0.0991. The van der Waals surface area contributed by atoms with E-state index >= 15 is 0 Å². The Morgan fingerprint density at radius 2 is 2.43 bits per heavy atom. The summed E-state index contributed by atoms with van der Waals surface area (Å²) in [4.78, 5) is 13.1. The molecule has 0 aromatic carbocycles. The molecule has 1 heterocycles. The van der Waals surface area contributed by atoms with E-state index in [2.05, 4.69) is 0 Å². The maximum Gasteiger partial charge on any atom is 0.222 e. The van der Waals surface area contributed by atoms with Crippen LogP contribution in [0, 0.1) is 0 Å². The Hall–Kier alpha value is -0.960. The zero-order valence-corrected chi connectivity index (χ0v) is 8.96. The smallest absolute Gasteiger partial charge is 0.222 e. The van der Waals surface area contributed by atoms with Gasteiger partial charge >= 0.3 is 0 Å². The van der Waals surface area contributed by atoms with E-state index in [1.54, 1.807) is 18.2 Å². The van der Waals surface area contributed by atoms with Crippen LogP contribution in [0.4, 0.5) is 0 Å². The van der Waals surface area contributed by atoms with Crippen molar-refractivity contribution in [3.63, 3.8) is 0 Å². The first-order chi connectivity index (χ1) is 6.74. The molecule has 0 aliphatic carbocycles. The number of nitrogens with zero attached hydrogens (tertiary/aromatic N) is 1. The third-order valence-corrected chi connectivity index (χ3v) is 2.18. The van der Waals surface area contributed by atoms with Gasteiger partial charge in [-0.15, -0.1) is 11.6 Å². The number of furan rings is 1. The molecular weight excluding hydrogens is 202 g/mol. The summed E-state index contributed by atoms with van der Waals surface area (Å²) in [7, 11) is 1.76. The summed E-state index contributed by atoms with van der Waals surface area (Å²) in [5, 5.41) is 0. The first-order valence-electron chi connectivity index (χ1n) is 4.56. The normalized spacial score (nSPS) is 10.1. The molecule has 1 aromatic rings. The summed E-state index contributed by atoms with van der Waals surface area (Å²) in [6, 6.07) is 3.69. The van der Waals surface area contributed by atoms with Gasteiger partial charge in [0.15, 0.2) is 0 Å². The average molecular weight is 216 g/mol. The van der Waals surface area contributed by atoms with E-state index in [9.17, 15) is 4.79 Å². The SMILES string of the molecule is CN(CCCl)C(=O)CCc1ccco1. The van der Waals surface area contributed by atoms with Gasteiger partial charge in [-0.25, -0.2) is 0 Å². The maximum atomic E-state index is 11.5. The molecule has 0 saturated heterocycles. The lowest BCUT2D eigenvalue weighted by Gasteiger charge is -2.14. The van der Waals surface area contributed by atoms with E-state index in [1.807, 2.05) is 12.1 Å². The molecule has 78 valence electrons. The third-order valence-electron chi connectivity index (χ3n) is 2.01. The molecule has 1 aromatic heterocycles. The molecule has 1 amide bonds. The molecule has 0 radical (unpaired) electrons. The Labute approximate surface area is 88.6 Å². The quantitative estimate of drug-likeness (QED) is 0.703. The summed E-state index contributed by atoms with van der Waals surface area (Å²) in [6.07, 6.45) is 2.74. The molecule has 4 heteroatoms. The summed E-state index contributed by atoms with van der Waals surface area (Å²) in [5.41, 5.74) is 0. The van der Waals surface area contributed by atoms with E-state index in [-0.39, 0.29) is 5.91 Å². The zero-order valence-electron chi connectivity index (χ0n) is 8.20. The predicted molar refractivity (Wildman–Crippen MR) is 55.4 cm³/mol. The van der Waals surface area contributed by atoms with Crippen LogP contribution >= 0.6 is 11.6 Å². The Morgan fingerprint density at radius 1 is 1.64 bits per heavy atom. The van der Waals surface area contributed by atoms with Crippen molar-refractivity contribution in [1.82, 2.24) is 4.90 Å². The van der Waals surface area contributed by atoms with Gasteiger partial charge in [0.25, 0.3) is 0 Å². The lowest BCUT2D eigenvalue weighted by molar-refractivity contribution is -0.129. The van der Waals surface area contributed by atoms with Crippen LogP contribution in [0.25, 0.3) is 0 Å².